The Kier molecular flexibility index (Phi) is 3.32. The van der Waals surface area contributed by atoms with Crippen molar-refractivity contribution in [2.75, 3.05) is 5.32 Å². The van der Waals surface area contributed by atoms with E-state index >= 15 is 0 Å². The van der Waals surface area contributed by atoms with Gasteiger partial charge in [0.25, 0.3) is 0 Å². The molecule has 0 aromatic heterocycles. The van der Waals surface area contributed by atoms with Gasteiger partial charge in [0.05, 0.1) is 10.7 Å². The van der Waals surface area contributed by atoms with Gasteiger partial charge in [-0.05, 0) is 29.8 Å². The summed E-state index contributed by atoms with van der Waals surface area (Å²) in [4.78, 5) is 0. The van der Waals surface area contributed by atoms with E-state index in [2.05, 4.69) is 5.32 Å². The number of phenolic OH excluding ortho intramolecular Hbond substituents is 1. The van der Waals surface area contributed by atoms with Crippen molar-refractivity contribution in [1.29, 1.82) is 0 Å². The molecule has 82 valence electrons. The number of rotatable bonds is 3. The van der Waals surface area contributed by atoms with Crippen LogP contribution in [0.4, 0.5) is 5.69 Å². The molecule has 0 saturated heterocycles. The summed E-state index contributed by atoms with van der Waals surface area (Å²) in [5.41, 5.74) is 1.91. The Labute approximate surface area is 99.5 Å². The lowest BCUT2D eigenvalue weighted by atomic mass is 10.2. The molecule has 0 atom stereocenters. The van der Waals surface area contributed by atoms with Crippen molar-refractivity contribution in [3.8, 4) is 5.75 Å². The summed E-state index contributed by atoms with van der Waals surface area (Å²) in [5.74, 6) is 0.276. The third-order valence-electron chi connectivity index (χ3n) is 2.27. The second kappa shape index (κ2) is 4.90. The lowest BCUT2D eigenvalue weighted by molar-refractivity contribution is 0.474. The average Bonchev–Trinajstić information content (AvgIpc) is 2.28. The van der Waals surface area contributed by atoms with Crippen LogP contribution in [0.5, 0.6) is 5.75 Å². The zero-order chi connectivity index (χ0) is 11.4. The number of para-hydroxylation sites is 1. The van der Waals surface area contributed by atoms with Gasteiger partial charge >= 0.3 is 0 Å². The third kappa shape index (κ3) is 2.67. The zero-order valence-corrected chi connectivity index (χ0v) is 9.41. The topological polar surface area (TPSA) is 32.3 Å². The molecule has 0 unspecified atom stereocenters. The summed E-state index contributed by atoms with van der Waals surface area (Å²) < 4.78 is 0. The number of nitrogens with one attached hydrogen (secondary N) is 1. The summed E-state index contributed by atoms with van der Waals surface area (Å²) in [6, 6.07) is 14.7. The molecule has 2 N–H and O–H groups in total. The van der Waals surface area contributed by atoms with Gasteiger partial charge in [-0.2, -0.15) is 0 Å². The van der Waals surface area contributed by atoms with Crippen LogP contribution in [-0.4, -0.2) is 5.11 Å². The van der Waals surface area contributed by atoms with Crippen LogP contribution >= 0.6 is 11.6 Å². The predicted molar refractivity (Wildman–Crippen MR) is 66.9 cm³/mol. The Morgan fingerprint density at radius 1 is 1.06 bits per heavy atom. The molecule has 0 spiro atoms. The molecule has 0 aliphatic carbocycles. The van der Waals surface area contributed by atoms with Crippen LogP contribution in [0.3, 0.4) is 0 Å². The molecule has 16 heavy (non-hydrogen) atoms. The standard InChI is InChI=1S/C13H12ClNO/c14-12-6-1-2-7-13(12)15-9-10-4-3-5-11(16)8-10/h1-8,15-16H,9H2. The van der Waals surface area contributed by atoms with E-state index in [1.54, 1.807) is 12.1 Å². The van der Waals surface area contributed by atoms with Crippen LogP contribution in [0.2, 0.25) is 5.02 Å². The number of hydrogen-bond donors (Lipinski definition) is 2. The fourth-order valence-corrected chi connectivity index (χ4v) is 1.67. The van der Waals surface area contributed by atoms with Crippen LogP contribution in [0.25, 0.3) is 0 Å². The van der Waals surface area contributed by atoms with Crippen LogP contribution < -0.4 is 5.32 Å². The third-order valence-corrected chi connectivity index (χ3v) is 2.60. The molecule has 2 aromatic carbocycles. The zero-order valence-electron chi connectivity index (χ0n) is 8.65. The first kappa shape index (κ1) is 10.8. The maximum atomic E-state index is 9.31. The molecule has 2 aromatic rings. The van der Waals surface area contributed by atoms with Crippen LogP contribution in [0.15, 0.2) is 48.5 Å². The van der Waals surface area contributed by atoms with Crippen molar-refractivity contribution in [3.05, 3.63) is 59.1 Å². The molecule has 0 bridgehead atoms. The molecule has 0 amide bonds. The van der Waals surface area contributed by atoms with E-state index in [0.717, 1.165) is 11.3 Å². The molecular weight excluding hydrogens is 222 g/mol. The van der Waals surface area contributed by atoms with Crippen molar-refractivity contribution in [1.82, 2.24) is 0 Å². The summed E-state index contributed by atoms with van der Waals surface area (Å²) in [6.07, 6.45) is 0. The molecule has 2 nitrogen and oxygen atoms in total. The second-order valence-corrected chi connectivity index (χ2v) is 3.91. The van der Waals surface area contributed by atoms with Gasteiger partial charge in [-0.1, -0.05) is 35.9 Å². The van der Waals surface area contributed by atoms with Crippen LogP contribution in [0, 0.1) is 0 Å². The molecule has 0 aliphatic heterocycles. The summed E-state index contributed by atoms with van der Waals surface area (Å²) >= 11 is 6.01. The summed E-state index contributed by atoms with van der Waals surface area (Å²) in [5, 5.41) is 13.2. The van der Waals surface area contributed by atoms with Gasteiger partial charge in [0.2, 0.25) is 0 Å². The van der Waals surface area contributed by atoms with E-state index in [1.165, 1.54) is 0 Å². The number of anilines is 1. The Morgan fingerprint density at radius 2 is 1.88 bits per heavy atom. The Morgan fingerprint density at radius 3 is 2.62 bits per heavy atom. The number of hydrogen-bond acceptors (Lipinski definition) is 2. The highest BCUT2D eigenvalue weighted by atomic mass is 35.5. The van der Waals surface area contributed by atoms with Crippen molar-refractivity contribution < 1.29 is 5.11 Å². The molecule has 0 aliphatic rings. The van der Waals surface area contributed by atoms with E-state index in [4.69, 9.17) is 11.6 Å². The van der Waals surface area contributed by atoms with E-state index in [1.807, 2.05) is 36.4 Å². The van der Waals surface area contributed by atoms with Crippen molar-refractivity contribution in [2.24, 2.45) is 0 Å². The van der Waals surface area contributed by atoms with Crippen molar-refractivity contribution in [2.45, 2.75) is 6.54 Å². The van der Waals surface area contributed by atoms with Gasteiger partial charge in [-0.3, -0.25) is 0 Å². The maximum Gasteiger partial charge on any atom is 0.115 e. The van der Waals surface area contributed by atoms with Gasteiger partial charge in [-0.15, -0.1) is 0 Å². The van der Waals surface area contributed by atoms with Gasteiger partial charge < -0.3 is 10.4 Å². The first-order chi connectivity index (χ1) is 7.75. The molecule has 2 rings (SSSR count). The maximum absolute atomic E-state index is 9.31. The van der Waals surface area contributed by atoms with Crippen LogP contribution in [0.1, 0.15) is 5.56 Å². The van der Waals surface area contributed by atoms with E-state index in [0.29, 0.717) is 11.6 Å². The highest BCUT2D eigenvalue weighted by Crippen LogP contribution is 2.21. The van der Waals surface area contributed by atoms with Gasteiger partial charge in [0, 0.05) is 6.54 Å². The first-order valence-corrected chi connectivity index (χ1v) is 5.40. The Hall–Kier alpha value is -1.67. The smallest absolute Gasteiger partial charge is 0.115 e. The second-order valence-electron chi connectivity index (χ2n) is 3.50. The van der Waals surface area contributed by atoms with Gasteiger partial charge in [0.15, 0.2) is 0 Å². The molecule has 0 heterocycles. The minimum Gasteiger partial charge on any atom is -0.508 e. The minimum absolute atomic E-state index is 0.276. The van der Waals surface area contributed by atoms with Crippen molar-refractivity contribution >= 4 is 17.3 Å². The normalized spacial score (nSPS) is 10.1. The highest BCUT2D eigenvalue weighted by Gasteiger charge is 1.98. The predicted octanol–water partition coefficient (Wildman–Crippen LogP) is 3.66. The molecule has 0 fully saturated rings. The van der Waals surface area contributed by atoms with Crippen molar-refractivity contribution in [3.63, 3.8) is 0 Å². The molecular formula is C13H12ClNO. The van der Waals surface area contributed by atoms with Gasteiger partial charge in [-0.25, -0.2) is 0 Å². The average molecular weight is 234 g/mol. The SMILES string of the molecule is Oc1cccc(CNc2ccccc2Cl)c1. The highest BCUT2D eigenvalue weighted by molar-refractivity contribution is 6.33. The molecule has 3 heteroatoms. The number of aromatic hydroxyl groups is 1. The lowest BCUT2D eigenvalue weighted by Crippen LogP contribution is -1.99. The fraction of sp³-hybridized carbons (Fsp3) is 0.0769. The summed E-state index contributed by atoms with van der Waals surface area (Å²) in [6.45, 7) is 0.637. The van der Waals surface area contributed by atoms with Gasteiger partial charge in [0.1, 0.15) is 5.75 Å². The van der Waals surface area contributed by atoms with E-state index < -0.39 is 0 Å². The number of benzene rings is 2. The first-order valence-electron chi connectivity index (χ1n) is 5.02. The Balaban J connectivity index is 2.05. The number of phenols is 1. The largest absolute Gasteiger partial charge is 0.508 e. The van der Waals surface area contributed by atoms with E-state index in [-0.39, 0.29) is 5.75 Å². The summed E-state index contributed by atoms with van der Waals surface area (Å²) in [7, 11) is 0. The molecule has 0 saturated carbocycles. The van der Waals surface area contributed by atoms with Crippen LogP contribution in [-0.2, 0) is 6.54 Å². The monoisotopic (exact) mass is 233 g/mol. The lowest BCUT2D eigenvalue weighted by Gasteiger charge is -2.08. The minimum atomic E-state index is 0.276. The molecule has 0 radical (unpaired) electrons. The quantitative estimate of drug-likeness (QED) is 0.848. The Bertz CT molecular complexity index is 485. The number of halogens is 1. The fourth-order valence-electron chi connectivity index (χ4n) is 1.47. The van der Waals surface area contributed by atoms with E-state index in [9.17, 15) is 5.11 Å².